The normalized spacial score (nSPS) is 19.1. The van der Waals surface area contributed by atoms with Crippen LogP contribution in [-0.4, -0.2) is 38.6 Å². The van der Waals surface area contributed by atoms with Gasteiger partial charge in [-0.3, -0.25) is 4.90 Å². The van der Waals surface area contributed by atoms with Crippen LogP contribution in [0.25, 0.3) is 0 Å². The van der Waals surface area contributed by atoms with Crippen molar-refractivity contribution in [3.63, 3.8) is 0 Å². The summed E-state index contributed by atoms with van der Waals surface area (Å²) in [6.45, 7) is 4.44. The zero-order chi connectivity index (χ0) is 13.9. The lowest BCUT2D eigenvalue weighted by molar-refractivity contribution is 0.153. The second-order valence-corrected chi connectivity index (χ2v) is 5.90. The van der Waals surface area contributed by atoms with Crippen molar-refractivity contribution in [1.29, 1.82) is 0 Å². The minimum Gasteiger partial charge on any atom is -0.290 e. The largest absolute Gasteiger partial charge is 0.290 e. The van der Waals surface area contributed by atoms with Crippen LogP contribution in [0.2, 0.25) is 5.02 Å². The van der Waals surface area contributed by atoms with Crippen molar-refractivity contribution in [2.24, 2.45) is 5.92 Å². The number of nitrogens with one attached hydrogen (secondary N) is 1. The molecule has 0 spiro atoms. The Morgan fingerprint density at radius 1 is 1.25 bits per heavy atom. The quantitative estimate of drug-likeness (QED) is 0.944. The molecule has 1 aromatic carbocycles. The maximum absolute atomic E-state index is 5.98. The van der Waals surface area contributed by atoms with Gasteiger partial charge in [-0.1, -0.05) is 30.7 Å². The van der Waals surface area contributed by atoms with E-state index in [-0.39, 0.29) is 6.04 Å². The topological polar surface area (TPSA) is 57.7 Å². The summed E-state index contributed by atoms with van der Waals surface area (Å²) >= 11 is 5.98. The van der Waals surface area contributed by atoms with E-state index in [0.29, 0.717) is 0 Å². The molecule has 3 rings (SSSR count). The summed E-state index contributed by atoms with van der Waals surface area (Å²) in [6.07, 6.45) is 2.43. The number of aromatic nitrogens is 4. The highest BCUT2D eigenvalue weighted by atomic mass is 35.5. The molecule has 0 bridgehead atoms. The predicted molar refractivity (Wildman–Crippen MR) is 77.4 cm³/mol. The summed E-state index contributed by atoms with van der Waals surface area (Å²) in [5.41, 5.74) is 1.17. The number of likely N-dealkylation sites (tertiary alicyclic amines) is 1. The van der Waals surface area contributed by atoms with Gasteiger partial charge < -0.3 is 0 Å². The number of halogens is 1. The lowest BCUT2D eigenvalue weighted by Gasteiger charge is -2.35. The van der Waals surface area contributed by atoms with Gasteiger partial charge in [0.1, 0.15) is 0 Å². The van der Waals surface area contributed by atoms with Crippen LogP contribution in [0.1, 0.15) is 37.2 Å². The Morgan fingerprint density at radius 2 is 1.95 bits per heavy atom. The van der Waals surface area contributed by atoms with Crippen molar-refractivity contribution in [2.75, 3.05) is 13.1 Å². The number of rotatable bonds is 3. The van der Waals surface area contributed by atoms with E-state index in [1.807, 2.05) is 24.3 Å². The van der Waals surface area contributed by atoms with Gasteiger partial charge in [-0.2, -0.15) is 0 Å². The number of benzene rings is 1. The molecule has 1 fully saturated rings. The van der Waals surface area contributed by atoms with Crippen molar-refractivity contribution in [1.82, 2.24) is 25.5 Å². The Bertz CT molecular complexity index is 531. The molecule has 2 heterocycles. The Kier molecular flexibility index (Phi) is 3.98. The van der Waals surface area contributed by atoms with Crippen LogP contribution in [0.15, 0.2) is 24.3 Å². The molecule has 0 radical (unpaired) electrons. The van der Waals surface area contributed by atoms with E-state index in [9.17, 15) is 0 Å². The average Bonchev–Trinajstić information content (AvgIpc) is 2.97. The molecule has 2 aromatic rings. The Labute approximate surface area is 123 Å². The maximum Gasteiger partial charge on any atom is 0.170 e. The fourth-order valence-corrected chi connectivity index (χ4v) is 2.88. The number of hydrogen-bond donors (Lipinski definition) is 1. The zero-order valence-electron chi connectivity index (χ0n) is 11.5. The van der Waals surface area contributed by atoms with Gasteiger partial charge in [-0.25, -0.2) is 5.10 Å². The van der Waals surface area contributed by atoms with Crippen LogP contribution in [0, 0.1) is 5.92 Å². The molecule has 0 aliphatic carbocycles. The standard InChI is InChI=1S/C14H18ClN5/c1-10-6-8-20(9-7-10)13(14-16-18-19-17-14)11-2-4-12(15)5-3-11/h2-5,10,13H,6-9H2,1H3,(H,16,17,18,19). The summed E-state index contributed by atoms with van der Waals surface area (Å²) in [7, 11) is 0. The van der Waals surface area contributed by atoms with Crippen LogP contribution in [-0.2, 0) is 0 Å². The van der Waals surface area contributed by atoms with Gasteiger partial charge in [0.25, 0.3) is 0 Å². The van der Waals surface area contributed by atoms with Crippen LogP contribution in [0.5, 0.6) is 0 Å². The summed E-state index contributed by atoms with van der Waals surface area (Å²) in [4.78, 5) is 2.44. The summed E-state index contributed by atoms with van der Waals surface area (Å²) in [5.74, 6) is 1.59. The third kappa shape index (κ3) is 2.83. The SMILES string of the molecule is CC1CCN(C(c2ccc(Cl)cc2)c2nnn[nH]2)CC1. The van der Waals surface area contributed by atoms with Crippen molar-refractivity contribution in [3.05, 3.63) is 40.7 Å². The first-order valence-electron chi connectivity index (χ1n) is 6.97. The lowest BCUT2D eigenvalue weighted by Crippen LogP contribution is -2.37. The highest BCUT2D eigenvalue weighted by Gasteiger charge is 2.28. The van der Waals surface area contributed by atoms with Crippen molar-refractivity contribution < 1.29 is 0 Å². The third-order valence-electron chi connectivity index (χ3n) is 3.99. The fraction of sp³-hybridized carbons (Fsp3) is 0.500. The molecular weight excluding hydrogens is 274 g/mol. The molecule has 1 saturated heterocycles. The van der Waals surface area contributed by atoms with Crippen molar-refractivity contribution in [3.8, 4) is 0 Å². The molecular formula is C14H18ClN5. The highest BCUT2D eigenvalue weighted by Crippen LogP contribution is 2.30. The molecule has 0 amide bonds. The molecule has 1 aromatic heterocycles. The first-order chi connectivity index (χ1) is 9.74. The lowest BCUT2D eigenvalue weighted by atomic mass is 9.95. The van der Waals surface area contributed by atoms with E-state index in [2.05, 4.69) is 32.4 Å². The molecule has 1 atom stereocenters. The number of tetrazole rings is 1. The van der Waals surface area contributed by atoms with E-state index in [0.717, 1.165) is 29.9 Å². The Morgan fingerprint density at radius 3 is 2.55 bits per heavy atom. The van der Waals surface area contributed by atoms with Gasteiger partial charge in [0.05, 0.1) is 6.04 Å². The maximum atomic E-state index is 5.98. The molecule has 6 heteroatoms. The Hall–Kier alpha value is -1.46. The second kappa shape index (κ2) is 5.89. The monoisotopic (exact) mass is 291 g/mol. The van der Waals surface area contributed by atoms with Crippen LogP contribution < -0.4 is 0 Å². The highest BCUT2D eigenvalue weighted by molar-refractivity contribution is 6.30. The molecule has 0 saturated carbocycles. The smallest absolute Gasteiger partial charge is 0.170 e. The Balaban J connectivity index is 1.90. The van der Waals surface area contributed by atoms with E-state index in [1.165, 1.54) is 18.4 Å². The van der Waals surface area contributed by atoms with Gasteiger partial charge in [0.2, 0.25) is 0 Å². The summed E-state index contributed by atoms with van der Waals surface area (Å²) in [5, 5.41) is 15.2. The number of aromatic amines is 1. The minimum atomic E-state index is 0.0785. The minimum absolute atomic E-state index is 0.0785. The van der Waals surface area contributed by atoms with Gasteiger partial charge in [-0.15, -0.1) is 5.10 Å². The summed E-state index contributed by atoms with van der Waals surface area (Å²) < 4.78 is 0. The average molecular weight is 292 g/mol. The number of H-pyrrole nitrogens is 1. The van der Waals surface area contributed by atoms with Crippen LogP contribution >= 0.6 is 11.6 Å². The van der Waals surface area contributed by atoms with E-state index in [4.69, 9.17) is 11.6 Å². The molecule has 20 heavy (non-hydrogen) atoms. The summed E-state index contributed by atoms with van der Waals surface area (Å²) in [6, 6.07) is 8.01. The fourth-order valence-electron chi connectivity index (χ4n) is 2.76. The molecule has 5 nitrogen and oxygen atoms in total. The van der Waals surface area contributed by atoms with Crippen molar-refractivity contribution in [2.45, 2.75) is 25.8 Å². The molecule has 106 valence electrons. The van der Waals surface area contributed by atoms with Gasteiger partial charge in [0, 0.05) is 5.02 Å². The predicted octanol–water partition coefficient (Wildman–Crippen LogP) is 2.67. The van der Waals surface area contributed by atoms with Gasteiger partial charge in [0.15, 0.2) is 5.82 Å². The third-order valence-corrected chi connectivity index (χ3v) is 4.24. The van der Waals surface area contributed by atoms with E-state index >= 15 is 0 Å². The number of piperidine rings is 1. The zero-order valence-corrected chi connectivity index (χ0v) is 12.2. The van der Waals surface area contributed by atoms with E-state index in [1.54, 1.807) is 0 Å². The van der Waals surface area contributed by atoms with Gasteiger partial charge in [-0.05, 0) is 60.0 Å². The molecule has 1 N–H and O–H groups in total. The van der Waals surface area contributed by atoms with Crippen molar-refractivity contribution >= 4 is 11.6 Å². The molecule has 1 unspecified atom stereocenters. The van der Waals surface area contributed by atoms with E-state index < -0.39 is 0 Å². The first-order valence-corrected chi connectivity index (χ1v) is 7.35. The van der Waals surface area contributed by atoms with Gasteiger partial charge >= 0.3 is 0 Å². The van der Waals surface area contributed by atoms with Crippen LogP contribution in [0.3, 0.4) is 0 Å². The first kappa shape index (κ1) is 13.5. The van der Waals surface area contributed by atoms with Crippen LogP contribution in [0.4, 0.5) is 0 Å². The molecule has 1 aliphatic heterocycles. The molecule has 1 aliphatic rings. The number of hydrogen-bond acceptors (Lipinski definition) is 4. The number of nitrogens with zero attached hydrogens (tertiary/aromatic N) is 4. The second-order valence-electron chi connectivity index (χ2n) is 5.46.